The molecule has 0 bridgehead atoms. The summed E-state index contributed by atoms with van der Waals surface area (Å²) in [5.41, 5.74) is 1.09. The molecule has 1 aromatic heterocycles. The summed E-state index contributed by atoms with van der Waals surface area (Å²) in [7, 11) is 0. The summed E-state index contributed by atoms with van der Waals surface area (Å²) < 4.78 is 15.4. The second-order valence-electron chi connectivity index (χ2n) is 5.48. The molecule has 1 aromatic carbocycles. The van der Waals surface area contributed by atoms with Gasteiger partial charge in [0.1, 0.15) is 5.82 Å². The summed E-state index contributed by atoms with van der Waals surface area (Å²) in [6, 6.07) is 4.65. The number of hydrogen-bond acceptors (Lipinski definition) is 4. The van der Waals surface area contributed by atoms with Crippen molar-refractivity contribution in [1.82, 2.24) is 25.6 Å². The number of rotatable bonds is 4. The largest absolute Gasteiger partial charge is 0.346 e. The Morgan fingerprint density at radius 1 is 1.43 bits per heavy atom. The Kier molecular flexibility index (Phi) is 5.02. The van der Waals surface area contributed by atoms with Crippen molar-refractivity contribution in [1.29, 1.82) is 0 Å². The SMILES string of the molecule is O=C(NCc1ccc(F)cc1Br)c1cn(C2CCNCC2)nn1. The minimum absolute atomic E-state index is 0.288. The van der Waals surface area contributed by atoms with E-state index in [1.807, 2.05) is 0 Å². The van der Waals surface area contributed by atoms with Crippen molar-refractivity contribution in [3.05, 3.63) is 45.9 Å². The van der Waals surface area contributed by atoms with Gasteiger partial charge in [0.15, 0.2) is 5.69 Å². The van der Waals surface area contributed by atoms with E-state index in [9.17, 15) is 9.18 Å². The van der Waals surface area contributed by atoms with Crippen LogP contribution in [0.5, 0.6) is 0 Å². The second kappa shape index (κ2) is 7.18. The van der Waals surface area contributed by atoms with Gasteiger partial charge in [0.05, 0.1) is 12.2 Å². The molecule has 1 amide bonds. The van der Waals surface area contributed by atoms with E-state index >= 15 is 0 Å². The number of halogens is 2. The van der Waals surface area contributed by atoms with Gasteiger partial charge in [-0.25, -0.2) is 9.07 Å². The highest BCUT2D eigenvalue weighted by atomic mass is 79.9. The first-order valence-electron chi connectivity index (χ1n) is 7.48. The lowest BCUT2D eigenvalue weighted by molar-refractivity contribution is 0.0945. The first-order chi connectivity index (χ1) is 11.1. The first-order valence-corrected chi connectivity index (χ1v) is 8.27. The van der Waals surface area contributed by atoms with Gasteiger partial charge in [0, 0.05) is 11.0 Å². The number of carbonyl (C=O) groups excluding carboxylic acids is 1. The first kappa shape index (κ1) is 16.1. The third kappa shape index (κ3) is 3.94. The van der Waals surface area contributed by atoms with Gasteiger partial charge in [0.25, 0.3) is 5.91 Å². The molecule has 1 fully saturated rings. The lowest BCUT2D eigenvalue weighted by Crippen LogP contribution is -2.29. The molecule has 0 radical (unpaired) electrons. The molecule has 0 unspecified atom stereocenters. The van der Waals surface area contributed by atoms with Crippen LogP contribution in [0.15, 0.2) is 28.9 Å². The van der Waals surface area contributed by atoms with Crippen molar-refractivity contribution in [3.63, 3.8) is 0 Å². The van der Waals surface area contributed by atoms with Crippen LogP contribution in [0.1, 0.15) is 34.9 Å². The number of nitrogens with one attached hydrogen (secondary N) is 2. The molecule has 0 saturated carbocycles. The maximum absolute atomic E-state index is 13.0. The smallest absolute Gasteiger partial charge is 0.273 e. The van der Waals surface area contributed by atoms with Crippen LogP contribution in [0.4, 0.5) is 4.39 Å². The van der Waals surface area contributed by atoms with E-state index in [0.717, 1.165) is 31.5 Å². The Labute approximate surface area is 141 Å². The quantitative estimate of drug-likeness (QED) is 0.849. The summed E-state index contributed by atoms with van der Waals surface area (Å²) in [6.45, 7) is 2.19. The molecule has 8 heteroatoms. The van der Waals surface area contributed by atoms with E-state index in [-0.39, 0.29) is 17.8 Å². The van der Waals surface area contributed by atoms with Crippen LogP contribution in [0.2, 0.25) is 0 Å². The molecular formula is C15H17BrFN5O. The summed E-state index contributed by atoms with van der Waals surface area (Å²) in [5.74, 6) is -0.613. The molecule has 1 saturated heterocycles. The van der Waals surface area contributed by atoms with Gasteiger partial charge in [-0.3, -0.25) is 4.79 Å². The topological polar surface area (TPSA) is 71.8 Å². The third-order valence-electron chi connectivity index (χ3n) is 3.88. The average molecular weight is 382 g/mol. The number of carbonyl (C=O) groups is 1. The molecule has 0 atom stereocenters. The van der Waals surface area contributed by atoms with E-state index in [4.69, 9.17) is 0 Å². The van der Waals surface area contributed by atoms with Crippen LogP contribution in [-0.4, -0.2) is 34.0 Å². The number of hydrogen-bond donors (Lipinski definition) is 2. The molecule has 1 aliphatic heterocycles. The van der Waals surface area contributed by atoms with E-state index < -0.39 is 0 Å². The number of amides is 1. The normalized spacial score (nSPS) is 15.6. The Morgan fingerprint density at radius 2 is 2.22 bits per heavy atom. The molecule has 6 nitrogen and oxygen atoms in total. The summed E-state index contributed by atoms with van der Waals surface area (Å²) in [5, 5.41) is 14.1. The third-order valence-corrected chi connectivity index (χ3v) is 4.62. The van der Waals surface area contributed by atoms with Crippen molar-refractivity contribution in [2.45, 2.75) is 25.4 Å². The standard InChI is InChI=1S/C15H17BrFN5O/c16-13-7-11(17)2-1-10(13)8-19-15(23)14-9-22(21-20-14)12-3-5-18-6-4-12/h1-2,7,9,12,18H,3-6,8H2,(H,19,23). The fourth-order valence-electron chi connectivity index (χ4n) is 2.56. The molecule has 0 spiro atoms. The predicted molar refractivity (Wildman–Crippen MR) is 86.4 cm³/mol. The molecular weight excluding hydrogens is 365 g/mol. The molecule has 23 heavy (non-hydrogen) atoms. The zero-order valence-electron chi connectivity index (χ0n) is 12.4. The number of aromatic nitrogens is 3. The molecule has 2 aromatic rings. The van der Waals surface area contributed by atoms with Gasteiger partial charge in [-0.1, -0.05) is 27.2 Å². The van der Waals surface area contributed by atoms with Gasteiger partial charge in [-0.15, -0.1) is 5.10 Å². The van der Waals surface area contributed by atoms with Crippen LogP contribution in [0, 0.1) is 5.82 Å². The molecule has 3 rings (SSSR count). The fourth-order valence-corrected chi connectivity index (χ4v) is 3.05. The van der Waals surface area contributed by atoms with Crippen molar-refractivity contribution >= 4 is 21.8 Å². The van der Waals surface area contributed by atoms with Gasteiger partial charge in [-0.05, 0) is 43.6 Å². The summed E-state index contributed by atoms with van der Waals surface area (Å²) in [6.07, 6.45) is 3.64. The lowest BCUT2D eigenvalue weighted by Gasteiger charge is -2.22. The van der Waals surface area contributed by atoms with E-state index in [0.29, 0.717) is 16.7 Å². The Hall–Kier alpha value is -1.80. The number of benzene rings is 1. The van der Waals surface area contributed by atoms with Crippen LogP contribution in [0.25, 0.3) is 0 Å². The Morgan fingerprint density at radius 3 is 2.96 bits per heavy atom. The van der Waals surface area contributed by atoms with Gasteiger partial charge in [0.2, 0.25) is 0 Å². The van der Waals surface area contributed by atoms with Gasteiger partial charge in [-0.2, -0.15) is 0 Å². The molecule has 2 heterocycles. The van der Waals surface area contributed by atoms with Crippen LogP contribution in [-0.2, 0) is 6.54 Å². The predicted octanol–water partition coefficient (Wildman–Crippen LogP) is 2.03. The van der Waals surface area contributed by atoms with Crippen molar-refractivity contribution < 1.29 is 9.18 Å². The number of piperidine rings is 1. The molecule has 2 N–H and O–H groups in total. The highest BCUT2D eigenvalue weighted by Gasteiger charge is 2.18. The monoisotopic (exact) mass is 381 g/mol. The fraction of sp³-hybridized carbons (Fsp3) is 0.400. The summed E-state index contributed by atoms with van der Waals surface area (Å²) >= 11 is 3.28. The van der Waals surface area contributed by atoms with Crippen molar-refractivity contribution in [2.24, 2.45) is 0 Å². The summed E-state index contributed by atoms with van der Waals surface area (Å²) in [4.78, 5) is 12.2. The zero-order chi connectivity index (χ0) is 16.2. The van der Waals surface area contributed by atoms with Gasteiger partial charge >= 0.3 is 0 Å². The van der Waals surface area contributed by atoms with Gasteiger partial charge < -0.3 is 10.6 Å². The molecule has 122 valence electrons. The van der Waals surface area contributed by atoms with Crippen molar-refractivity contribution in [3.8, 4) is 0 Å². The van der Waals surface area contributed by atoms with Crippen molar-refractivity contribution in [2.75, 3.05) is 13.1 Å². The highest BCUT2D eigenvalue weighted by Crippen LogP contribution is 2.18. The maximum atomic E-state index is 13.0. The second-order valence-corrected chi connectivity index (χ2v) is 6.34. The maximum Gasteiger partial charge on any atom is 0.273 e. The van der Waals surface area contributed by atoms with Crippen LogP contribution >= 0.6 is 15.9 Å². The lowest BCUT2D eigenvalue weighted by atomic mass is 10.1. The number of nitrogens with zero attached hydrogens (tertiary/aromatic N) is 3. The molecule has 1 aliphatic rings. The van der Waals surface area contributed by atoms with Crippen LogP contribution < -0.4 is 10.6 Å². The minimum atomic E-state index is -0.322. The highest BCUT2D eigenvalue weighted by molar-refractivity contribution is 9.10. The van der Waals surface area contributed by atoms with E-state index in [1.54, 1.807) is 16.9 Å². The molecule has 0 aliphatic carbocycles. The van der Waals surface area contributed by atoms with Crippen LogP contribution in [0.3, 0.4) is 0 Å². The Balaban J connectivity index is 1.61. The minimum Gasteiger partial charge on any atom is -0.346 e. The van der Waals surface area contributed by atoms with E-state index in [1.165, 1.54) is 12.1 Å². The average Bonchev–Trinajstić information content (AvgIpc) is 3.05. The zero-order valence-corrected chi connectivity index (χ0v) is 14.0. The Bertz CT molecular complexity index is 699. The van der Waals surface area contributed by atoms with E-state index in [2.05, 4.69) is 36.9 Å².